The molecule has 14 heavy (non-hydrogen) atoms. The van der Waals surface area contributed by atoms with Crippen LogP contribution in [0.15, 0.2) is 30.9 Å². The molecule has 0 amide bonds. The Morgan fingerprint density at radius 3 is 2.50 bits per heavy atom. The molecule has 0 aromatic heterocycles. The Labute approximate surface area is 86.4 Å². The molecular weight excluding hydrogens is 172 g/mol. The lowest BCUT2D eigenvalue weighted by molar-refractivity contribution is 0.402. The van der Waals surface area contributed by atoms with Gasteiger partial charge < -0.3 is 4.74 Å². The number of aryl methyl sites for hydroxylation is 1. The first-order valence-electron chi connectivity index (χ1n) is 4.80. The van der Waals surface area contributed by atoms with Gasteiger partial charge in [0.15, 0.2) is 0 Å². The second kappa shape index (κ2) is 3.87. The topological polar surface area (TPSA) is 9.23 Å². The highest BCUT2D eigenvalue weighted by atomic mass is 16.5. The minimum Gasteiger partial charge on any atom is -0.496 e. The van der Waals surface area contributed by atoms with E-state index in [1.165, 1.54) is 11.1 Å². The zero-order valence-corrected chi connectivity index (χ0v) is 9.42. The Bertz CT molecular complexity index is 337. The van der Waals surface area contributed by atoms with Crippen LogP contribution in [0, 0.1) is 6.92 Å². The van der Waals surface area contributed by atoms with Crippen LogP contribution in [0.25, 0.3) is 0 Å². The van der Waals surface area contributed by atoms with Crippen molar-refractivity contribution in [2.24, 2.45) is 0 Å². The predicted octanol–water partition coefficient (Wildman–Crippen LogP) is 3.47. The van der Waals surface area contributed by atoms with E-state index < -0.39 is 0 Å². The molecule has 1 heteroatoms. The van der Waals surface area contributed by atoms with Crippen molar-refractivity contribution >= 4 is 0 Å². The standard InChI is InChI=1S/C13H18O/c1-6-13(3,4)11-9-10(2)7-8-12(11)14-5/h6-9H,1H2,2-5H3. The number of allylic oxidation sites excluding steroid dienone is 1. The minimum atomic E-state index is -0.0443. The first kappa shape index (κ1) is 10.8. The van der Waals surface area contributed by atoms with Gasteiger partial charge in [0.05, 0.1) is 7.11 Å². The number of ether oxygens (including phenoxy) is 1. The van der Waals surface area contributed by atoms with Gasteiger partial charge >= 0.3 is 0 Å². The second-order valence-electron chi connectivity index (χ2n) is 4.13. The van der Waals surface area contributed by atoms with Crippen LogP contribution < -0.4 is 4.74 Å². The van der Waals surface area contributed by atoms with Gasteiger partial charge in [-0.15, -0.1) is 6.58 Å². The van der Waals surface area contributed by atoms with Gasteiger partial charge in [0.1, 0.15) is 5.75 Å². The molecule has 0 bridgehead atoms. The van der Waals surface area contributed by atoms with Crippen molar-refractivity contribution in [1.82, 2.24) is 0 Å². The van der Waals surface area contributed by atoms with E-state index in [0.29, 0.717) is 0 Å². The fourth-order valence-corrected chi connectivity index (χ4v) is 1.44. The average Bonchev–Trinajstić information content (AvgIpc) is 2.18. The summed E-state index contributed by atoms with van der Waals surface area (Å²) in [6.45, 7) is 10.2. The van der Waals surface area contributed by atoms with Gasteiger partial charge in [0.25, 0.3) is 0 Å². The van der Waals surface area contributed by atoms with Gasteiger partial charge in [-0.1, -0.05) is 37.6 Å². The van der Waals surface area contributed by atoms with E-state index in [4.69, 9.17) is 4.74 Å². The molecule has 0 N–H and O–H groups in total. The maximum atomic E-state index is 5.34. The normalized spacial score (nSPS) is 11.1. The molecular formula is C13H18O. The number of benzene rings is 1. The number of hydrogen-bond acceptors (Lipinski definition) is 1. The van der Waals surface area contributed by atoms with E-state index in [1.54, 1.807) is 7.11 Å². The third kappa shape index (κ3) is 1.98. The largest absolute Gasteiger partial charge is 0.496 e. The number of hydrogen-bond donors (Lipinski definition) is 0. The molecule has 0 saturated carbocycles. The van der Waals surface area contributed by atoms with Crippen LogP contribution in [0.4, 0.5) is 0 Å². The van der Waals surface area contributed by atoms with E-state index in [0.717, 1.165) is 5.75 Å². The summed E-state index contributed by atoms with van der Waals surface area (Å²) in [5, 5.41) is 0. The molecule has 0 fully saturated rings. The summed E-state index contributed by atoms with van der Waals surface area (Å²) in [6.07, 6.45) is 1.95. The first-order valence-corrected chi connectivity index (χ1v) is 4.80. The Kier molecular flexibility index (Phi) is 3.00. The minimum absolute atomic E-state index is 0.0443. The molecule has 0 atom stereocenters. The average molecular weight is 190 g/mol. The lowest BCUT2D eigenvalue weighted by Crippen LogP contribution is -2.14. The van der Waals surface area contributed by atoms with E-state index in [-0.39, 0.29) is 5.41 Å². The van der Waals surface area contributed by atoms with Crippen LogP contribution in [0.3, 0.4) is 0 Å². The zero-order valence-electron chi connectivity index (χ0n) is 9.42. The second-order valence-corrected chi connectivity index (χ2v) is 4.13. The lowest BCUT2D eigenvalue weighted by Gasteiger charge is -2.23. The van der Waals surface area contributed by atoms with Gasteiger partial charge in [-0.2, -0.15) is 0 Å². The summed E-state index contributed by atoms with van der Waals surface area (Å²) in [7, 11) is 1.70. The molecule has 1 aromatic rings. The molecule has 0 heterocycles. The molecule has 0 saturated heterocycles. The summed E-state index contributed by atoms with van der Waals surface area (Å²) in [6, 6.07) is 6.22. The highest BCUT2D eigenvalue weighted by molar-refractivity contribution is 5.43. The van der Waals surface area contributed by atoms with Crippen molar-refractivity contribution in [3.05, 3.63) is 42.0 Å². The van der Waals surface area contributed by atoms with E-state index in [2.05, 4.69) is 39.5 Å². The van der Waals surface area contributed by atoms with Crippen LogP contribution >= 0.6 is 0 Å². The van der Waals surface area contributed by atoms with Crippen molar-refractivity contribution < 1.29 is 4.74 Å². The molecule has 1 nitrogen and oxygen atoms in total. The molecule has 0 aliphatic rings. The summed E-state index contributed by atoms with van der Waals surface area (Å²) in [5.74, 6) is 0.931. The summed E-state index contributed by atoms with van der Waals surface area (Å²) in [4.78, 5) is 0. The SMILES string of the molecule is C=CC(C)(C)c1cc(C)ccc1OC. The fraction of sp³-hybridized carbons (Fsp3) is 0.385. The van der Waals surface area contributed by atoms with Gasteiger partial charge in [-0.25, -0.2) is 0 Å². The first-order chi connectivity index (χ1) is 6.51. The Hall–Kier alpha value is -1.24. The third-order valence-corrected chi connectivity index (χ3v) is 2.56. The van der Waals surface area contributed by atoms with Crippen LogP contribution in [0.5, 0.6) is 5.75 Å². The molecule has 1 aromatic carbocycles. The van der Waals surface area contributed by atoms with Gasteiger partial charge in [-0.3, -0.25) is 0 Å². The quantitative estimate of drug-likeness (QED) is 0.663. The van der Waals surface area contributed by atoms with Crippen LogP contribution in [-0.4, -0.2) is 7.11 Å². The molecule has 76 valence electrons. The Balaban J connectivity index is 3.30. The molecule has 0 spiro atoms. The van der Waals surface area contributed by atoms with Crippen LogP contribution in [0.2, 0.25) is 0 Å². The maximum absolute atomic E-state index is 5.34. The van der Waals surface area contributed by atoms with Gasteiger partial charge in [-0.05, 0) is 13.0 Å². The molecule has 0 aliphatic heterocycles. The van der Waals surface area contributed by atoms with Crippen molar-refractivity contribution in [3.63, 3.8) is 0 Å². The maximum Gasteiger partial charge on any atom is 0.122 e. The molecule has 0 radical (unpaired) electrons. The number of rotatable bonds is 3. The summed E-state index contributed by atoms with van der Waals surface area (Å²) < 4.78 is 5.34. The zero-order chi connectivity index (χ0) is 10.8. The summed E-state index contributed by atoms with van der Waals surface area (Å²) in [5.41, 5.74) is 2.39. The Morgan fingerprint density at radius 2 is 2.00 bits per heavy atom. The molecule has 0 unspecified atom stereocenters. The molecule has 0 aliphatic carbocycles. The van der Waals surface area contributed by atoms with E-state index in [1.807, 2.05) is 12.1 Å². The molecule has 1 rings (SSSR count). The highest BCUT2D eigenvalue weighted by Gasteiger charge is 2.20. The van der Waals surface area contributed by atoms with Gasteiger partial charge in [0.2, 0.25) is 0 Å². The van der Waals surface area contributed by atoms with E-state index >= 15 is 0 Å². The predicted molar refractivity (Wildman–Crippen MR) is 61.0 cm³/mol. The van der Waals surface area contributed by atoms with Crippen molar-refractivity contribution in [3.8, 4) is 5.75 Å². The monoisotopic (exact) mass is 190 g/mol. The van der Waals surface area contributed by atoms with Crippen molar-refractivity contribution in [2.45, 2.75) is 26.2 Å². The Morgan fingerprint density at radius 1 is 1.36 bits per heavy atom. The van der Waals surface area contributed by atoms with Crippen LogP contribution in [0.1, 0.15) is 25.0 Å². The highest BCUT2D eigenvalue weighted by Crippen LogP contribution is 2.32. The van der Waals surface area contributed by atoms with Crippen LogP contribution in [-0.2, 0) is 5.41 Å². The van der Waals surface area contributed by atoms with E-state index in [9.17, 15) is 0 Å². The van der Waals surface area contributed by atoms with Gasteiger partial charge in [0, 0.05) is 11.0 Å². The number of methoxy groups -OCH3 is 1. The lowest BCUT2D eigenvalue weighted by atomic mass is 9.83. The third-order valence-electron chi connectivity index (χ3n) is 2.56. The summed E-state index contributed by atoms with van der Waals surface area (Å²) >= 11 is 0. The van der Waals surface area contributed by atoms with Crippen molar-refractivity contribution in [1.29, 1.82) is 0 Å². The van der Waals surface area contributed by atoms with Crippen molar-refractivity contribution in [2.75, 3.05) is 7.11 Å². The fourth-order valence-electron chi connectivity index (χ4n) is 1.44. The smallest absolute Gasteiger partial charge is 0.122 e.